The van der Waals surface area contributed by atoms with Crippen molar-refractivity contribution in [3.8, 4) is 0 Å². The van der Waals surface area contributed by atoms with E-state index in [0.717, 1.165) is 19.5 Å². The number of methoxy groups -OCH3 is 1. The van der Waals surface area contributed by atoms with Crippen LogP contribution in [0.3, 0.4) is 0 Å². The van der Waals surface area contributed by atoms with Crippen LogP contribution >= 0.6 is 11.8 Å². The van der Waals surface area contributed by atoms with E-state index in [-0.39, 0.29) is 5.97 Å². The van der Waals surface area contributed by atoms with Crippen LogP contribution in [-0.2, 0) is 9.53 Å². The molecule has 0 aliphatic heterocycles. The lowest BCUT2D eigenvalue weighted by Gasteiger charge is -2.15. The maximum absolute atomic E-state index is 10.8. The van der Waals surface area contributed by atoms with Crippen LogP contribution in [0.15, 0.2) is 0 Å². The smallest absolute Gasteiger partial charge is 0.305 e. The molecule has 0 heterocycles. The lowest BCUT2D eigenvalue weighted by Crippen LogP contribution is -2.23. The van der Waals surface area contributed by atoms with Crippen LogP contribution in [-0.4, -0.2) is 49.6 Å². The fourth-order valence-electron chi connectivity index (χ4n) is 1.07. The third-order valence-electron chi connectivity index (χ3n) is 1.97. The van der Waals surface area contributed by atoms with Crippen LogP contribution in [0, 0.1) is 0 Å². The molecule has 0 aliphatic carbocycles. The first-order valence-electron chi connectivity index (χ1n) is 5.03. The first-order valence-corrected chi connectivity index (χ1v) is 6.19. The second kappa shape index (κ2) is 9.34. The number of ether oxygens (including phenoxy) is 1. The Hall–Kier alpha value is -0.220. The molecule has 0 aromatic carbocycles. The zero-order valence-corrected chi connectivity index (χ0v) is 10.2. The van der Waals surface area contributed by atoms with Crippen LogP contribution in [0.2, 0.25) is 0 Å². The monoisotopic (exact) mass is 219 g/mol. The summed E-state index contributed by atoms with van der Waals surface area (Å²) in [5.74, 6) is 2.24. The minimum Gasteiger partial charge on any atom is -0.469 e. The Bertz CT molecular complexity index is 153. The Balaban J connectivity index is 3.26. The highest BCUT2D eigenvalue weighted by atomic mass is 32.2. The average Bonchev–Trinajstić information content (AvgIpc) is 2.18. The summed E-state index contributed by atoms with van der Waals surface area (Å²) in [6, 6.07) is 0. The van der Waals surface area contributed by atoms with Gasteiger partial charge in [-0.15, -0.1) is 0 Å². The normalized spacial score (nSPS) is 10.6. The van der Waals surface area contributed by atoms with Crippen LogP contribution in [0.25, 0.3) is 0 Å². The molecule has 0 unspecified atom stereocenters. The van der Waals surface area contributed by atoms with Crippen molar-refractivity contribution >= 4 is 17.7 Å². The number of carbonyl (C=O) groups excluding carboxylic acids is 1. The number of rotatable bonds is 8. The van der Waals surface area contributed by atoms with Crippen LogP contribution in [0.1, 0.15) is 19.8 Å². The molecule has 4 heteroatoms. The second-order valence-electron chi connectivity index (χ2n) is 3.18. The van der Waals surface area contributed by atoms with Crippen molar-refractivity contribution in [2.75, 3.05) is 38.8 Å². The molecule has 0 aliphatic rings. The van der Waals surface area contributed by atoms with Crippen molar-refractivity contribution < 1.29 is 9.53 Å². The molecule has 0 N–H and O–H groups in total. The maximum Gasteiger partial charge on any atom is 0.305 e. The Morgan fingerprint density at radius 2 is 2.14 bits per heavy atom. The zero-order chi connectivity index (χ0) is 10.8. The first kappa shape index (κ1) is 13.8. The molecule has 0 bridgehead atoms. The molecule has 0 amide bonds. The number of esters is 1. The summed E-state index contributed by atoms with van der Waals surface area (Å²) in [7, 11) is 3.53. The molecule has 0 spiro atoms. The van der Waals surface area contributed by atoms with Gasteiger partial charge in [0.1, 0.15) is 0 Å². The van der Waals surface area contributed by atoms with E-state index in [4.69, 9.17) is 0 Å². The third kappa shape index (κ3) is 8.38. The highest BCUT2D eigenvalue weighted by Gasteiger charge is 2.02. The standard InChI is InChI=1S/C10H21NO2S/c1-4-14-9-8-11(2)7-5-6-10(12)13-3/h4-9H2,1-3H3. The highest BCUT2D eigenvalue weighted by Crippen LogP contribution is 2.00. The molecule has 0 atom stereocenters. The van der Waals surface area contributed by atoms with E-state index in [0.29, 0.717) is 6.42 Å². The summed E-state index contributed by atoms with van der Waals surface area (Å²) >= 11 is 1.95. The van der Waals surface area contributed by atoms with Crippen molar-refractivity contribution in [1.29, 1.82) is 0 Å². The molecule has 0 aromatic heterocycles. The van der Waals surface area contributed by atoms with Gasteiger partial charge in [-0.3, -0.25) is 4.79 Å². The molecule has 0 aromatic rings. The van der Waals surface area contributed by atoms with Gasteiger partial charge in [0.05, 0.1) is 7.11 Å². The van der Waals surface area contributed by atoms with Crippen molar-refractivity contribution in [3.05, 3.63) is 0 Å². The molecule has 0 radical (unpaired) electrons. The lowest BCUT2D eigenvalue weighted by atomic mass is 10.3. The highest BCUT2D eigenvalue weighted by molar-refractivity contribution is 7.99. The zero-order valence-electron chi connectivity index (χ0n) is 9.41. The van der Waals surface area contributed by atoms with Gasteiger partial charge >= 0.3 is 5.97 Å². The minimum absolute atomic E-state index is 0.110. The van der Waals surface area contributed by atoms with E-state index in [1.54, 1.807) is 0 Å². The van der Waals surface area contributed by atoms with E-state index in [2.05, 4.69) is 23.6 Å². The number of thioether (sulfide) groups is 1. The Morgan fingerprint density at radius 1 is 1.43 bits per heavy atom. The fraction of sp³-hybridized carbons (Fsp3) is 0.900. The van der Waals surface area contributed by atoms with Gasteiger partial charge in [0.2, 0.25) is 0 Å². The van der Waals surface area contributed by atoms with Crippen molar-refractivity contribution in [2.45, 2.75) is 19.8 Å². The number of carbonyl (C=O) groups is 1. The molecule has 0 saturated carbocycles. The van der Waals surface area contributed by atoms with Crippen molar-refractivity contribution in [2.24, 2.45) is 0 Å². The van der Waals surface area contributed by atoms with E-state index >= 15 is 0 Å². The van der Waals surface area contributed by atoms with Gasteiger partial charge in [-0.1, -0.05) is 6.92 Å². The quantitative estimate of drug-likeness (QED) is 0.458. The van der Waals surface area contributed by atoms with E-state index < -0.39 is 0 Å². The number of nitrogens with zero attached hydrogens (tertiary/aromatic N) is 1. The Morgan fingerprint density at radius 3 is 2.71 bits per heavy atom. The van der Waals surface area contributed by atoms with E-state index in [9.17, 15) is 4.79 Å². The summed E-state index contributed by atoms with van der Waals surface area (Å²) in [5, 5.41) is 0. The summed E-state index contributed by atoms with van der Waals surface area (Å²) in [4.78, 5) is 13.1. The van der Waals surface area contributed by atoms with Crippen LogP contribution in [0.4, 0.5) is 0 Å². The van der Waals surface area contributed by atoms with Crippen molar-refractivity contribution in [1.82, 2.24) is 4.90 Å². The lowest BCUT2D eigenvalue weighted by molar-refractivity contribution is -0.140. The average molecular weight is 219 g/mol. The predicted molar refractivity (Wildman–Crippen MR) is 61.7 cm³/mol. The van der Waals surface area contributed by atoms with Gasteiger partial charge in [0.15, 0.2) is 0 Å². The number of hydrogen-bond acceptors (Lipinski definition) is 4. The van der Waals surface area contributed by atoms with Gasteiger partial charge in [0, 0.05) is 18.7 Å². The Kier molecular flexibility index (Phi) is 9.19. The predicted octanol–water partition coefficient (Wildman–Crippen LogP) is 1.62. The van der Waals surface area contributed by atoms with Crippen LogP contribution < -0.4 is 0 Å². The summed E-state index contributed by atoms with van der Waals surface area (Å²) < 4.78 is 4.57. The maximum atomic E-state index is 10.8. The minimum atomic E-state index is -0.110. The Labute approximate surface area is 91.2 Å². The van der Waals surface area contributed by atoms with Gasteiger partial charge in [-0.05, 0) is 25.8 Å². The van der Waals surface area contributed by atoms with Gasteiger partial charge in [-0.25, -0.2) is 0 Å². The number of hydrogen-bond donors (Lipinski definition) is 0. The van der Waals surface area contributed by atoms with Crippen LogP contribution in [0.5, 0.6) is 0 Å². The van der Waals surface area contributed by atoms with Gasteiger partial charge in [0.25, 0.3) is 0 Å². The molecule has 0 saturated heterocycles. The molecule has 14 heavy (non-hydrogen) atoms. The molecule has 0 fully saturated rings. The van der Waals surface area contributed by atoms with Gasteiger partial charge < -0.3 is 9.64 Å². The largest absolute Gasteiger partial charge is 0.469 e. The van der Waals surface area contributed by atoms with E-state index in [1.807, 2.05) is 11.8 Å². The van der Waals surface area contributed by atoms with E-state index in [1.165, 1.54) is 18.6 Å². The molecule has 0 rings (SSSR count). The SMILES string of the molecule is CCSCCN(C)CCCC(=O)OC. The molecular weight excluding hydrogens is 198 g/mol. The molecule has 3 nitrogen and oxygen atoms in total. The van der Waals surface area contributed by atoms with Crippen molar-refractivity contribution in [3.63, 3.8) is 0 Å². The first-order chi connectivity index (χ1) is 6.70. The second-order valence-corrected chi connectivity index (χ2v) is 4.57. The summed E-state index contributed by atoms with van der Waals surface area (Å²) in [6.07, 6.45) is 1.42. The fourth-order valence-corrected chi connectivity index (χ4v) is 1.80. The molecule has 84 valence electrons. The summed E-state index contributed by atoms with van der Waals surface area (Å²) in [6.45, 7) is 4.24. The third-order valence-corrected chi connectivity index (χ3v) is 2.85. The molecular formula is C10H21NO2S. The van der Waals surface area contributed by atoms with Gasteiger partial charge in [-0.2, -0.15) is 11.8 Å². The topological polar surface area (TPSA) is 29.5 Å². The summed E-state index contributed by atoms with van der Waals surface area (Å²) in [5.41, 5.74) is 0.